The molecule has 1 saturated carbocycles. The predicted octanol–water partition coefficient (Wildman–Crippen LogP) is 3.30. The van der Waals surface area contributed by atoms with Crippen molar-refractivity contribution >= 4 is 6.03 Å². The average molecular weight is 361 g/mol. The van der Waals surface area contributed by atoms with Crippen LogP contribution in [0, 0.1) is 5.92 Å². The van der Waals surface area contributed by atoms with Gasteiger partial charge in [-0.25, -0.2) is 4.79 Å². The van der Waals surface area contributed by atoms with Gasteiger partial charge in [-0.1, -0.05) is 24.4 Å². The first-order chi connectivity index (χ1) is 12.6. The first-order valence-electron chi connectivity index (χ1n) is 10.3. The van der Waals surface area contributed by atoms with E-state index in [1.165, 1.54) is 44.9 Å². The molecule has 144 valence electrons. The van der Waals surface area contributed by atoms with Gasteiger partial charge in [0.15, 0.2) is 5.76 Å². The number of carbonyl (C=O) groups excluding carboxylic acids is 1. The third-order valence-electron chi connectivity index (χ3n) is 6.44. The van der Waals surface area contributed by atoms with Crippen LogP contribution in [-0.4, -0.2) is 65.7 Å². The molecule has 1 aromatic heterocycles. The van der Waals surface area contributed by atoms with Crippen LogP contribution in [0.4, 0.5) is 4.79 Å². The van der Waals surface area contributed by atoms with Gasteiger partial charge in [-0.2, -0.15) is 0 Å². The number of fused-ring (bicyclic) bond motifs is 4. The lowest BCUT2D eigenvalue weighted by atomic mass is 9.87. The molecule has 0 radical (unpaired) electrons. The van der Waals surface area contributed by atoms with E-state index in [1.807, 2.05) is 19.0 Å². The van der Waals surface area contributed by atoms with Crippen LogP contribution in [0.3, 0.4) is 0 Å². The number of hydrogen-bond donors (Lipinski definition) is 0. The molecule has 6 nitrogen and oxygen atoms in total. The van der Waals surface area contributed by atoms with Crippen molar-refractivity contribution < 1.29 is 9.32 Å². The van der Waals surface area contributed by atoms with Crippen molar-refractivity contribution in [1.29, 1.82) is 0 Å². The average Bonchev–Trinajstić information content (AvgIpc) is 2.92. The molecule has 2 amide bonds. The van der Waals surface area contributed by atoms with E-state index in [9.17, 15) is 4.79 Å². The van der Waals surface area contributed by atoms with Crippen molar-refractivity contribution in [2.45, 2.75) is 63.5 Å². The van der Waals surface area contributed by atoms with E-state index in [4.69, 9.17) is 4.52 Å². The molecule has 0 N–H and O–H groups in total. The molecule has 4 heterocycles. The lowest BCUT2D eigenvalue weighted by Gasteiger charge is -2.35. The van der Waals surface area contributed by atoms with Crippen molar-refractivity contribution in [3.8, 4) is 0 Å². The topological polar surface area (TPSA) is 52.8 Å². The number of aromatic nitrogens is 1. The molecule has 4 fully saturated rings. The molecular weight excluding hydrogens is 328 g/mol. The molecule has 0 unspecified atom stereocenters. The molecule has 2 atom stereocenters. The largest absolute Gasteiger partial charge is 0.360 e. The molecule has 6 heteroatoms. The van der Waals surface area contributed by atoms with E-state index in [2.05, 4.69) is 16.1 Å². The van der Waals surface area contributed by atoms with Crippen LogP contribution in [0.1, 0.15) is 62.3 Å². The lowest BCUT2D eigenvalue weighted by Crippen LogP contribution is -2.45. The molecular formula is C20H32N4O2. The minimum absolute atomic E-state index is 0.142. The molecule has 3 aliphatic heterocycles. The summed E-state index contributed by atoms with van der Waals surface area (Å²) in [4.78, 5) is 18.7. The van der Waals surface area contributed by atoms with Gasteiger partial charge in [-0.15, -0.1) is 0 Å². The molecule has 0 aromatic carbocycles. The van der Waals surface area contributed by atoms with Crippen LogP contribution < -0.4 is 0 Å². The Morgan fingerprint density at radius 1 is 1.15 bits per heavy atom. The first kappa shape index (κ1) is 17.8. The number of nitrogens with zero attached hydrogens (tertiary/aromatic N) is 4. The summed E-state index contributed by atoms with van der Waals surface area (Å²) >= 11 is 0. The van der Waals surface area contributed by atoms with Crippen molar-refractivity contribution in [2.75, 3.05) is 33.7 Å². The summed E-state index contributed by atoms with van der Waals surface area (Å²) in [5.41, 5.74) is 1.16. The highest BCUT2D eigenvalue weighted by atomic mass is 16.5. The van der Waals surface area contributed by atoms with Crippen molar-refractivity contribution in [3.63, 3.8) is 0 Å². The SMILES string of the molecule is CN(C)C(=O)N1C[C@H]2CC[C@@H](C1)N(Cc1cc(C3CCCCC3)no1)C2. The van der Waals surface area contributed by atoms with Gasteiger partial charge < -0.3 is 14.3 Å². The van der Waals surface area contributed by atoms with E-state index in [0.717, 1.165) is 37.6 Å². The molecule has 1 aliphatic carbocycles. The summed E-state index contributed by atoms with van der Waals surface area (Å²) in [5, 5.41) is 4.38. The minimum Gasteiger partial charge on any atom is -0.360 e. The molecule has 1 aromatic rings. The van der Waals surface area contributed by atoms with E-state index in [0.29, 0.717) is 17.9 Å². The number of hydrogen-bond acceptors (Lipinski definition) is 4. The Kier molecular flexibility index (Phi) is 5.20. The molecule has 3 saturated heterocycles. The van der Waals surface area contributed by atoms with Gasteiger partial charge in [0.05, 0.1) is 12.2 Å². The van der Waals surface area contributed by atoms with E-state index < -0.39 is 0 Å². The molecule has 5 rings (SSSR count). The third-order valence-corrected chi connectivity index (χ3v) is 6.44. The second-order valence-corrected chi connectivity index (χ2v) is 8.66. The maximum Gasteiger partial charge on any atom is 0.319 e. The predicted molar refractivity (Wildman–Crippen MR) is 99.9 cm³/mol. The Morgan fingerprint density at radius 3 is 2.73 bits per heavy atom. The van der Waals surface area contributed by atoms with E-state index >= 15 is 0 Å². The maximum atomic E-state index is 12.4. The monoisotopic (exact) mass is 360 g/mol. The van der Waals surface area contributed by atoms with Gasteiger partial charge in [0.2, 0.25) is 0 Å². The Balaban J connectivity index is 1.41. The van der Waals surface area contributed by atoms with Crippen LogP contribution >= 0.6 is 0 Å². The van der Waals surface area contributed by atoms with Crippen LogP contribution in [0.15, 0.2) is 10.6 Å². The van der Waals surface area contributed by atoms with Crippen LogP contribution in [-0.2, 0) is 6.54 Å². The summed E-state index contributed by atoms with van der Waals surface area (Å²) in [7, 11) is 3.68. The van der Waals surface area contributed by atoms with Gasteiger partial charge in [-0.3, -0.25) is 4.90 Å². The van der Waals surface area contributed by atoms with Crippen LogP contribution in [0.25, 0.3) is 0 Å². The standard InChI is InChI=1S/C20H32N4O2/c1-22(2)20(25)24-12-15-8-9-17(13-24)23(11-15)14-18-10-19(21-26-18)16-6-4-3-5-7-16/h10,15-17H,3-9,11-14H2,1-2H3/t15-,17-/m0/s1. The number of amides is 2. The lowest BCUT2D eigenvalue weighted by molar-refractivity contribution is 0.111. The number of rotatable bonds is 3. The van der Waals surface area contributed by atoms with E-state index in [-0.39, 0.29) is 6.03 Å². The summed E-state index contributed by atoms with van der Waals surface area (Å²) in [5.74, 6) is 2.15. The Labute approximate surface area is 156 Å². The zero-order valence-electron chi connectivity index (χ0n) is 16.2. The van der Waals surface area contributed by atoms with Gasteiger partial charge in [0.25, 0.3) is 0 Å². The highest BCUT2D eigenvalue weighted by Gasteiger charge is 2.37. The van der Waals surface area contributed by atoms with Crippen molar-refractivity contribution in [3.05, 3.63) is 17.5 Å². The Morgan fingerprint density at radius 2 is 1.96 bits per heavy atom. The summed E-state index contributed by atoms with van der Waals surface area (Å²) < 4.78 is 5.70. The number of piperidine rings is 1. The summed E-state index contributed by atoms with van der Waals surface area (Å²) in [6.45, 7) is 3.59. The van der Waals surface area contributed by atoms with Crippen molar-refractivity contribution in [2.24, 2.45) is 5.92 Å². The van der Waals surface area contributed by atoms with Crippen LogP contribution in [0.5, 0.6) is 0 Å². The first-order valence-corrected chi connectivity index (χ1v) is 10.3. The fraction of sp³-hybridized carbons (Fsp3) is 0.800. The van der Waals surface area contributed by atoms with Crippen molar-refractivity contribution in [1.82, 2.24) is 19.9 Å². The maximum absolute atomic E-state index is 12.4. The zero-order chi connectivity index (χ0) is 18.1. The Hall–Kier alpha value is -1.56. The highest BCUT2D eigenvalue weighted by Crippen LogP contribution is 2.33. The van der Waals surface area contributed by atoms with Gasteiger partial charge in [0, 0.05) is 51.8 Å². The van der Waals surface area contributed by atoms with E-state index in [1.54, 1.807) is 4.90 Å². The molecule has 4 aliphatic rings. The third kappa shape index (κ3) is 3.75. The fourth-order valence-electron chi connectivity index (χ4n) is 5.01. The fourth-order valence-corrected chi connectivity index (χ4v) is 5.01. The van der Waals surface area contributed by atoms with Gasteiger partial charge in [-0.05, 0) is 31.6 Å². The van der Waals surface area contributed by atoms with Gasteiger partial charge in [0.1, 0.15) is 0 Å². The second kappa shape index (κ2) is 7.59. The smallest absolute Gasteiger partial charge is 0.319 e. The highest BCUT2D eigenvalue weighted by molar-refractivity contribution is 5.74. The second-order valence-electron chi connectivity index (χ2n) is 8.66. The summed E-state index contributed by atoms with van der Waals surface area (Å²) in [6, 6.07) is 2.76. The van der Waals surface area contributed by atoms with Crippen LogP contribution in [0.2, 0.25) is 0 Å². The van der Waals surface area contributed by atoms with Gasteiger partial charge >= 0.3 is 6.03 Å². The molecule has 26 heavy (non-hydrogen) atoms. The molecule has 0 spiro atoms. The number of carbonyl (C=O) groups is 1. The zero-order valence-corrected chi connectivity index (χ0v) is 16.2. The summed E-state index contributed by atoms with van der Waals surface area (Å²) in [6.07, 6.45) is 8.90. The normalized spacial score (nSPS) is 27.5. The minimum atomic E-state index is 0.142. The molecule has 2 bridgehead atoms. The quantitative estimate of drug-likeness (QED) is 0.830. The Bertz CT molecular complexity index is 623. The number of urea groups is 1.